The van der Waals surface area contributed by atoms with E-state index in [1.54, 1.807) is 14.2 Å². The first-order chi connectivity index (χ1) is 9.15. The van der Waals surface area contributed by atoms with Crippen molar-refractivity contribution in [2.75, 3.05) is 20.8 Å². The molecule has 0 bridgehead atoms. The predicted molar refractivity (Wildman–Crippen MR) is 71.0 cm³/mol. The van der Waals surface area contributed by atoms with Crippen LogP contribution in [0.3, 0.4) is 0 Å². The minimum atomic E-state index is -1.92. The van der Waals surface area contributed by atoms with Crippen LogP contribution in [0.1, 0.15) is 24.8 Å². The fraction of sp³-hybridized carbons (Fsp3) is 0.538. The lowest BCUT2D eigenvalue weighted by molar-refractivity contribution is 0.133. The number of aryl methyl sites for hydroxylation is 1. The zero-order chi connectivity index (χ0) is 14.1. The number of halogens is 2. The first-order valence-corrected chi connectivity index (χ1v) is 7.69. The molecule has 0 aromatic heterocycles. The fourth-order valence-electron chi connectivity index (χ4n) is 1.78. The molecular formula is C13H20F2O3Si. The maximum atomic E-state index is 12.9. The van der Waals surface area contributed by atoms with Crippen LogP contribution < -0.4 is 0 Å². The third kappa shape index (κ3) is 6.77. The van der Waals surface area contributed by atoms with Crippen molar-refractivity contribution in [1.29, 1.82) is 0 Å². The van der Waals surface area contributed by atoms with Crippen molar-refractivity contribution in [2.24, 2.45) is 0 Å². The molecule has 6 heteroatoms. The van der Waals surface area contributed by atoms with Gasteiger partial charge < -0.3 is 13.3 Å². The quantitative estimate of drug-likeness (QED) is 0.517. The van der Waals surface area contributed by atoms with E-state index < -0.39 is 21.2 Å². The van der Waals surface area contributed by atoms with Crippen LogP contribution in [-0.4, -0.2) is 30.4 Å². The van der Waals surface area contributed by atoms with Gasteiger partial charge in [-0.1, -0.05) is 6.42 Å². The van der Waals surface area contributed by atoms with Crippen molar-refractivity contribution in [3.05, 3.63) is 35.4 Å². The van der Waals surface area contributed by atoms with Crippen LogP contribution in [0.2, 0.25) is 0 Å². The second-order valence-electron chi connectivity index (χ2n) is 4.22. The highest BCUT2D eigenvalue weighted by Crippen LogP contribution is 2.11. The number of hydrogen-bond acceptors (Lipinski definition) is 3. The largest absolute Gasteiger partial charge is 0.483 e. The maximum Gasteiger partial charge on any atom is 0.483 e. The molecule has 0 fully saturated rings. The summed E-state index contributed by atoms with van der Waals surface area (Å²) in [4.78, 5) is 0. The van der Waals surface area contributed by atoms with E-state index >= 15 is 0 Å². The lowest BCUT2D eigenvalue weighted by atomic mass is 10.1. The Labute approximate surface area is 114 Å². The van der Waals surface area contributed by atoms with Crippen LogP contribution in [0.15, 0.2) is 18.2 Å². The Morgan fingerprint density at radius 1 is 0.947 bits per heavy atom. The summed E-state index contributed by atoms with van der Waals surface area (Å²) >= 11 is 0. The van der Waals surface area contributed by atoms with Crippen molar-refractivity contribution < 1.29 is 22.1 Å². The van der Waals surface area contributed by atoms with Gasteiger partial charge in [-0.3, -0.25) is 0 Å². The van der Waals surface area contributed by atoms with Crippen molar-refractivity contribution in [2.45, 2.75) is 25.7 Å². The number of hydrogen-bond donors (Lipinski definition) is 0. The smallest absolute Gasteiger partial charge is 0.379 e. The van der Waals surface area contributed by atoms with Crippen LogP contribution in [-0.2, 0) is 19.7 Å². The van der Waals surface area contributed by atoms with E-state index in [1.807, 2.05) is 0 Å². The summed E-state index contributed by atoms with van der Waals surface area (Å²) in [5, 5.41) is 0. The molecule has 1 aromatic rings. The van der Waals surface area contributed by atoms with E-state index in [-0.39, 0.29) is 0 Å². The molecule has 1 rings (SSSR count). The average Bonchev–Trinajstić information content (AvgIpc) is 2.37. The molecule has 0 aliphatic carbocycles. The fourth-order valence-corrected chi connectivity index (χ4v) is 2.60. The molecule has 0 N–H and O–H groups in total. The summed E-state index contributed by atoms with van der Waals surface area (Å²) < 4.78 is 41.3. The predicted octanol–water partition coefficient (Wildman–Crippen LogP) is 2.70. The summed E-state index contributed by atoms with van der Waals surface area (Å²) in [7, 11) is 1.22. The van der Waals surface area contributed by atoms with Gasteiger partial charge in [-0.2, -0.15) is 0 Å². The first-order valence-electron chi connectivity index (χ1n) is 6.28. The Balaban J connectivity index is 2.14. The summed E-state index contributed by atoms with van der Waals surface area (Å²) in [5.74, 6) is -1.04. The monoisotopic (exact) mass is 290 g/mol. The number of rotatable bonds is 9. The van der Waals surface area contributed by atoms with E-state index in [1.165, 1.54) is 12.1 Å². The van der Waals surface area contributed by atoms with Crippen molar-refractivity contribution in [3.63, 3.8) is 0 Å². The molecule has 108 valence electrons. The van der Waals surface area contributed by atoms with Crippen molar-refractivity contribution in [3.8, 4) is 0 Å². The molecule has 0 saturated carbocycles. The molecule has 0 atom stereocenters. The molecule has 0 spiro atoms. The standard InChI is InChI=1S/C13H20F2O3Si/c1-16-19(17-2)18-7-5-3-4-6-11-8-12(14)10-13(15)9-11/h8-10,19H,3-7H2,1-2H3. The minimum absolute atomic E-state index is 0.521. The van der Waals surface area contributed by atoms with Crippen molar-refractivity contribution >= 4 is 9.53 Å². The maximum absolute atomic E-state index is 12.9. The Morgan fingerprint density at radius 2 is 1.58 bits per heavy atom. The average molecular weight is 290 g/mol. The van der Waals surface area contributed by atoms with Gasteiger partial charge in [-0.05, 0) is 37.0 Å². The summed E-state index contributed by atoms with van der Waals surface area (Å²) in [6.07, 6.45) is 3.36. The highest BCUT2D eigenvalue weighted by Gasteiger charge is 2.09. The molecule has 0 aliphatic rings. The summed E-state index contributed by atoms with van der Waals surface area (Å²) in [5.41, 5.74) is 0.694. The molecule has 1 aromatic carbocycles. The van der Waals surface area contributed by atoms with E-state index in [4.69, 9.17) is 13.3 Å². The molecule has 0 aliphatic heterocycles. The Morgan fingerprint density at radius 3 is 2.16 bits per heavy atom. The first kappa shape index (κ1) is 16.2. The van der Waals surface area contributed by atoms with Crippen LogP contribution in [0.25, 0.3) is 0 Å². The number of unbranched alkanes of at least 4 members (excludes halogenated alkanes) is 2. The van der Waals surface area contributed by atoms with Crippen LogP contribution in [0.5, 0.6) is 0 Å². The Hall–Kier alpha value is -0.823. The molecule has 0 saturated heterocycles. The van der Waals surface area contributed by atoms with Gasteiger partial charge in [-0.25, -0.2) is 8.78 Å². The van der Waals surface area contributed by atoms with Gasteiger partial charge in [-0.15, -0.1) is 0 Å². The third-order valence-electron chi connectivity index (χ3n) is 2.67. The lowest BCUT2D eigenvalue weighted by Gasteiger charge is -2.11. The second kappa shape index (κ2) is 9.14. The molecule has 0 heterocycles. The van der Waals surface area contributed by atoms with Gasteiger partial charge in [0.15, 0.2) is 0 Å². The Bertz CT molecular complexity index is 353. The highest BCUT2D eigenvalue weighted by molar-refractivity contribution is 6.36. The number of benzene rings is 1. The van der Waals surface area contributed by atoms with Crippen LogP contribution in [0, 0.1) is 11.6 Å². The van der Waals surface area contributed by atoms with Gasteiger partial charge in [0, 0.05) is 26.9 Å². The van der Waals surface area contributed by atoms with Gasteiger partial charge >= 0.3 is 9.53 Å². The van der Waals surface area contributed by atoms with Crippen LogP contribution in [0.4, 0.5) is 8.78 Å². The molecule has 0 amide bonds. The molecule has 0 unspecified atom stereocenters. The van der Waals surface area contributed by atoms with E-state index in [0.717, 1.165) is 25.3 Å². The van der Waals surface area contributed by atoms with Crippen LogP contribution >= 0.6 is 0 Å². The minimum Gasteiger partial charge on any atom is -0.379 e. The molecular weight excluding hydrogens is 270 g/mol. The van der Waals surface area contributed by atoms with Gasteiger partial charge in [0.2, 0.25) is 0 Å². The normalized spacial score (nSPS) is 11.2. The van der Waals surface area contributed by atoms with Gasteiger partial charge in [0.25, 0.3) is 0 Å². The van der Waals surface area contributed by atoms with E-state index in [2.05, 4.69) is 0 Å². The third-order valence-corrected chi connectivity index (χ3v) is 3.95. The zero-order valence-electron chi connectivity index (χ0n) is 11.3. The topological polar surface area (TPSA) is 27.7 Å². The molecule has 0 radical (unpaired) electrons. The zero-order valence-corrected chi connectivity index (χ0v) is 12.5. The lowest BCUT2D eigenvalue weighted by Crippen LogP contribution is -2.24. The Kier molecular flexibility index (Phi) is 7.81. The summed E-state index contributed by atoms with van der Waals surface area (Å²) in [6, 6.07) is 3.63. The summed E-state index contributed by atoms with van der Waals surface area (Å²) in [6.45, 7) is 0.593. The highest BCUT2D eigenvalue weighted by atomic mass is 28.3. The van der Waals surface area contributed by atoms with Crippen molar-refractivity contribution in [1.82, 2.24) is 0 Å². The second-order valence-corrected chi connectivity index (χ2v) is 6.07. The molecule has 19 heavy (non-hydrogen) atoms. The van der Waals surface area contributed by atoms with E-state index in [9.17, 15) is 8.78 Å². The van der Waals surface area contributed by atoms with Gasteiger partial charge in [0.1, 0.15) is 11.6 Å². The van der Waals surface area contributed by atoms with Gasteiger partial charge in [0.05, 0.1) is 0 Å². The molecule has 3 nitrogen and oxygen atoms in total. The van der Waals surface area contributed by atoms with E-state index in [0.29, 0.717) is 18.6 Å². The SMILES string of the molecule is CO[SiH](OC)OCCCCCc1cc(F)cc(F)c1.